The first-order valence-corrected chi connectivity index (χ1v) is 7.38. The second-order valence-corrected chi connectivity index (χ2v) is 5.92. The Kier molecular flexibility index (Phi) is 4.93. The number of nitrogens with zero attached hydrogens (tertiary/aromatic N) is 3. The van der Waals surface area contributed by atoms with Crippen molar-refractivity contribution in [1.29, 1.82) is 0 Å². The second-order valence-electron chi connectivity index (χ2n) is 5.92. The maximum atomic E-state index is 12.2. The summed E-state index contributed by atoms with van der Waals surface area (Å²) in [4.78, 5) is 23.1. The minimum atomic E-state index is 0.0478. The van der Waals surface area contributed by atoms with Crippen molar-refractivity contribution in [1.82, 2.24) is 15.3 Å². The number of carbonyl (C=O) groups is 1. The molecule has 1 fully saturated rings. The molecule has 1 saturated heterocycles. The van der Waals surface area contributed by atoms with Crippen LogP contribution in [0.1, 0.15) is 32.4 Å². The molecule has 1 aromatic heterocycles. The molecule has 0 aliphatic carbocycles. The van der Waals surface area contributed by atoms with Crippen LogP contribution >= 0.6 is 0 Å². The zero-order valence-electron chi connectivity index (χ0n) is 12.6. The number of aryl methyl sites for hydroxylation is 1. The summed E-state index contributed by atoms with van der Waals surface area (Å²) in [5.74, 6) is 1.44. The van der Waals surface area contributed by atoms with E-state index in [4.69, 9.17) is 0 Å². The molecule has 20 heavy (non-hydrogen) atoms. The largest absolute Gasteiger partial charge is 0.356 e. The molecule has 0 aromatic carbocycles. The van der Waals surface area contributed by atoms with Crippen molar-refractivity contribution in [3.63, 3.8) is 0 Å². The van der Waals surface area contributed by atoms with Crippen LogP contribution in [0, 0.1) is 18.8 Å². The molecule has 0 spiro atoms. The van der Waals surface area contributed by atoms with Gasteiger partial charge in [0.25, 0.3) is 0 Å². The van der Waals surface area contributed by atoms with E-state index >= 15 is 0 Å². The van der Waals surface area contributed by atoms with Gasteiger partial charge >= 0.3 is 0 Å². The Labute approximate surface area is 120 Å². The molecule has 0 saturated carbocycles. The molecule has 1 atom stereocenters. The van der Waals surface area contributed by atoms with Gasteiger partial charge in [0.15, 0.2) is 0 Å². The molecule has 2 heterocycles. The molecule has 1 aliphatic rings. The van der Waals surface area contributed by atoms with Gasteiger partial charge < -0.3 is 10.2 Å². The van der Waals surface area contributed by atoms with Gasteiger partial charge in [0, 0.05) is 31.5 Å². The third kappa shape index (κ3) is 3.92. The van der Waals surface area contributed by atoms with Crippen molar-refractivity contribution in [2.45, 2.75) is 33.6 Å². The highest BCUT2D eigenvalue weighted by molar-refractivity contribution is 5.79. The van der Waals surface area contributed by atoms with E-state index in [1.54, 1.807) is 6.20 Å². The van der Waals surface area contributed by atoms with Gasteiger partial charge in [-0.05, 0) is 31.7 Å². The van der Waals surface area contributed by atoms with E-state index in [-0.39, 0.29) is 11.8 Å². The molecule has 5 heteroatoms. The van der Waals surface area contributed by atoms with E-state index in [0.717, 1.165) is 37.6 Å². The molecule has 1 N–H and O–H groups in total. The molecule has 1 aliphatic heterocycles. The smallest absolute Gasteiger partial charge is 0.225 e. The third-order valence-corrected chi connectivity index (χ3v) is 3.54. The van der Waals surface area contributed by atoms with Crippen LogP contribution in [0.15, 0.2) is 12.3 Å². The average Bonchev–Trinajstić information content (AvgIpc) is 2.45. The Morgan fingerprint density at radius 3 is 3.05 bits per heavy atom. The predicted molar refractivity (Wildman–Crippen MR) is 79.6 cm³/mol. The summed E-state index contributed by atoms with van der Waals surface area (Å²) in [5.41, 5.74) is 0.960. The minimum absolute atomic E-state index is 0.0478. The fourth-order valence-corrected chi connectivity index (χ4v) is 2.41. The van der Waals surface area contributed by atoms with Crippen molar-refractivity contribution >= 4 is 11.9 Å². The van der Waals surface area contributed by atoms with E-state index in [1.807, 2.05) is 13.0 Å². The van der Waals surface area contributed by atoms with E-state index in [9.17, 15) is 4.79 Å². The summed E-state index contributed by atoms with van der Waals surface area (Å²) in [6, 6.07) is 1.89. The van der Waals surface area contributed by atoms with Crippen LogP contribution in [0.4, 0.5) is 5.95 Å². The molecule has 5 nitrogen and oxygen atoms in total. The number of hydrogen-bond acceptors (Lipinski definition) is 4. The lowest BCUT2D eigenvalue weighted by Crippen LogP contribution is -2.44. The highest BCUT2D eigenvalue weighted by Crippen LogP contribution is 2.20. The van der Waals surface area contributed by atoms with Gasteiger partial charge in [-0.15, -0.1) is 0 Å². The molecule has 0 radical (unpaired) electrons. The molecular weight excluding hydrogens is 252 g/mol. The summed E-state index contributed by atoms with van der Waals surface area (Å²) in [5, 5.41) is 3.03. The van der Waals surface area contributed by atoms with Crippen molar-refractivity contribution in [3.8, 4) is 0 Å². The molecule has 1 aromatic rings. The lowest BCUT2D eigenvalue weighted by Gasteiger charge is -2.32. The summed E-state index contributed by atoms with van der Waals surface area (Å²) < 4.78 is 0. The van der Waals surface area contributed by atoms with E-state index in [1.165, 1.54) is 0 Å². The lowest BCUT2D eigenvalue weighted by molar-refractivity contribution is -0.125. The maximum Gasteiger partial charge on any atom is 0.225 e. The van der Waals surface area contributed by atoms with Crippen molar-refractivity contribution in [2.24, 2.45) is 11.8 Å². The standard InChI is InChI=1S/C15H24N4O/c1-11(2)9-17-14(20)13-5-4-8-19(10-13)15-16-7-6-12(3)18-15/h6-7,11,13H,4-5,8-10H2,1-3H3,(H,17,20). The van der Waals surface area contributed by atoms with Crippen LogP contribution < -0.4 is 10.2 Å². The summed E-state index contributed by atoms with van der Waals surface area (Å²) >= 11 is 0. The second kappa shape index (κ2) is 6.68. The molecule has 1 amide bonds. The van der Waals surface area contributed by atoms with Gasteiger partial charge in [-0.2, -0.15) is 0 Å². The van der Waals surface area contributed by atoms with Crippen LogP contribution in [0.2, 0.25) is 0 Å². The molecule has 1 unspecified atom stereocenters. The lowest BCUT2D eigenvalue weighted by atomic mass is 9.97. The zero-order chi connectivity index (χ0) is 14.5. The van der Waals surface area contributed by atoms with Crippen molar-refractivity contribution in [3.05, 3.63) is 18.0 Å². The highest BCUT2D eigenvalue weighted by Gasteiger charge is 2.26. The maximum absolute atomic E-state index is 12.2. The minimum Gasteiger partial charge on any atom is -0.356 e. The van der Waals surface area contributed by atoms with Crippen molar-refractivity contribution in [2.75, 3.05) is 24.5 Å². The quantitative estimate of drug-likeness (QED) is 0.910. The predicted octanol–water partition coefficient (Wildman–Crippen LogP) is 1.77. The normalized spacial score (nSPS) is 19.2. The summed E-state index contributed by atoms with van der Waals surface area (Å²) in [7, 11) is 0. The summed E-state index contributed by atoms with van der Waals surface area (Å²) in [6.45, 7) is 8.56. The molecule has 0 bridgehead atoms. The Hall–Kier alpha value is -1.65. The van der Waals surface area contributed by atoms with Gasteiger partial charge in [0.2, 0.25) is 11.9 Å². The third-order valence-electron chi connectivity index (χ3n) is 3.54. The fraction of sp³-hybridized carbons (Fsp3) is 0.667. The van der Waals surface area contributed by atoms with E-state index < -0.39 is 0 Å². The molecule has 2 rings (SSSR count). The highest BCUT2D eigenvalue weighted by atomic mass is 16.1. The first-order chi connectivity index (χ1) is 9.56. The van der Waals surface area contributed by atoms with Crippen LogP contribution in [-0.4, -0.2) is 35.5 Å². The van der Waals surface area contributed by atoms with E-state index in [0.29, 0.717) is 12.5 Å². The van der Waals surface area contributed by atoms with Gasteiger partial charge in [-0.25, -0.2) is 9.97 Å². The SMILES string of the molecule is Cc1ccnc(N2CCCC(C(=O)NCC(C)C)C2)n1. The van der Waals surface area contributed by atoms with Gasteiger partial charge in [0.05, 0.1) is 5.92 Å². The van der Waals surface area contributed by atoms with Crippen LogP contribution in [-0.2, 0) is 4.79 Å². The number of aromatic nitrogens is 2. The number of rotatable bonds is 4. The van der Waals surface area contributed by atoms with Crippen LogP contribution in [0.5, 0.6) is 0 Å². The topological polar surface area (TPSA) is 58.1 Å². The number of hydrogen-bond donors (Lipinski definition) is 1. The zero-order valence-corrected chi connectivity index (χ0v) is 12.6. The first kappa shape index (κ1) is 14.8. The number of nitrogens with one attached hydrogen (secondary N) is 1. The van der Waals surface area contributed by atoms with Crippen molar-refractivity contribution < 1.29 is 4.79 Å². The molecule has 110 valence electrons. The Morgan fingerprint density at radius 1 is 1.55 bits per heavy atom. The Morgan fingerprint density at radius 2 is 2.35 bits per heavy atom. The number of anilines is 1. The van der Waals surface area contributed by atoms with Gasteiger partial charge in [-0.1, -0.05) is 13.8 Å². The first-order valence-electron chi connectivity index (χ1n) is 7.38. The Bertz CT molecular complexity index is 461. The van der Waals surface area contributed by atoms with Gasteiger partial charge in [-0.3, -0.25) is 4.79 Å². The van der Waals surface area contributed by atoms with Crippen LogP contribution in [0.3, 0.4) is 0 Å². The number of piperidine rings is 1. The summed E-state index contributed by atoms with van der Waals surface area (Å²) in [6.07, 6.45) is 3.74. The van der Waals surface area contributed by atoms with E-state index in [2.05, 4.69) is 34.0 Å². The van der Waals surface area contributed by atoms with Crippen LogP contribution in [0.25, 0.3) is 0 Å². The Balaban J connectivity index is 1.96. The molecular formula is C15H24N4O. The van der Waals surface area contributed by atoms with Gasteiger partial charge in [0.1, 0.15) is 0 Å². The fourth-order valence-electron chi connectivity index (χ4n) is 2.41. The monoisotopic (exact) mass is 276 g/mol. The number of amides is 1. The average molecular weight is 276 g/mol. The number of carbonyl (C=O) groups excluding carboxylic acids is 1.